The van der Waals surface area contributed by atoms with Crippen molar-refractivity contribution in [2.45, 2.75) is 12.5 Å². The summed E-state index contributed by atoms with van der Waals surface area (Å²) < 4.78 is 0. The SMILES string of the molecule is CN(CC(=O)N1CCC1)C1CNC1. The topological polar surface area (TPSA) is 35.6 Å². The standard InChI is InChI=1S/C9H17N3O/c1-11(8-5-10-6-8)7-9(13)12-3-2-4-12/h8,10H,2-7H2,1H3. The van der Waals surface area contributed by atoms with Gasteiger partial charge in [-0.05, 0) is 13.5 Å². The summed E-state index contributed by atoms with van der Waals surface area (Å²) in [6.45, 7) is 4.59. The van der Waals surface area contributed by atoms with E-state index < -0.39 is 0 Å². The number of amides is 1. The maximum Gasteiger partial charge on any atom is 0.236 e. The molecule has 1 amide bonds. The molecule has 13 heavy (non-hydrogen) atoms. The minimum Gasteiger partial charge on any atom is -0.341 e. The first-order valence-corrected chi connectivity index (χ1v) is 4.96. The van der Waals surface area contributed by atoms with E-state index in [-0.39, 0.29) is 0 Å². The van der Waals surface area contributed by atoms with Crippen LogP contribution in [0.1, 0.15) is 6.42 Å². The third-order valence-corrected chi connectivity index (χ3v) is 2.98. The summed E-state index contributed by atoms with van der Waals surface area (Å²) in [4.78, 5) is 15.6. The predicted octanol–water partition coefficient (Wildman–Crippen LogP) is -0.878. The zero-order valence-corrected chi connectivity index (χ0v) is 8.12. The molecule has 0 aromatic rings. The van der Waals surface area contributed by atoms with Crippen LogP contribution in [-0.2, 0) is 4.79 Å². The van der Waals surface area contributed by atoms with E-state index in [0.717, 1.165) is 26.2 Å². The summed E-state index contributed by atoms with van der Waals surface area (Å²) in [5.41, 5.74) is 0. The molecule has 0 radical (unpaired) electrons. The van der Waals surface area contributed by atoms with Crippen molar-refractivity contribution in [3.8, 4) is 0 Å². The number of nitrogens with one attached hydrogen (secondary N) is 1. The fourth-order valence-electron chi connectivity index (χ4n) is 1.59. The number of hydrogen-bond acceptors (Lipinski definition) is 3. The van der Waals surface area contributed by atoms with E-state index in [1.54, 1.807) is 0 Å². The summed E-state index contributed by atoms with van der Waals surface area (Å²) in [7, 11) is 2.03. The van der Waals surface area contributed by atoms with Crippen LogP contribution < -0.4 is 5.32 Å². The maximum absolute atomic E-state index is 11.5. The van der Waals surface area contributed by atoms with Gasteiger partial charge in [-0.2, -0.15) is 0 Å². The first kappa shape index (κ1) is 8.97. The summed E-state index contributed by atoms with van der Waals surface area (Å²) in [6, 6.07) is 0.574. The molecule has 4 nitrogen and oxygen atoms in total. The van der Waals surface area contributed by atoms with Crippen LogP contribution in [0.5, 0.6) is 0 Å². The average Bonchev–Trinajstić information content (AvgIpc) is 1.76. The lowest BCUT2D eigenvalue weighted by Gasteiger charge is -2.38. The molecule has 0 atom stereocenters. The number of carbonyl (C=O) groups is 1. The molecule has 4 heteroatoms. The average molecular weight is 183 g/mol. The number of rotatable bonds is 3. The molecule has 2 saturated heterocycles. The van der Waals surface area contributed by atoms with Gasteiger partial charge in [0, 0.05) is 32.2 Å². The first-order chi connectivity index (χ1) is 6.27. The lowest BCUT2D eigenvalue weighted by Crippen LogP contribution is -2.58. The Balaban J connectivity index is 1.72. The highest BCUT2D eigenvalue weighted by molar-refractivity contribution is 5.78. The van der Waals surface area contributed by atoms with Crippen LogP contribution in [-0.4, -0.2) is 61.5 Å². The Morgan fingerprint density at radius 3 is 2.62 bits per heavy atom. The van der Waals surface area contributed by atoms with E-state index in [4.69, 9.17) is 0 Å². The molecule has 2 rings (SSSR count). The van der Waals surface area contributed by atoms with Gasteiger partial charge >= 0.3 is 0 Å². The van der Waals surface area contributed by atoms with Gasteiger partial charge in [0.25, 0.3) is 0 Å². The van der Waals surface area contributed by atoms with Gasteiger partial charge in [0.2, 0.25) is 5.91 Å². The van der Waals surface area contributed by atoms with Crippen molar-refractivity contribution in [1.82, 2.24) is 15.1 Å². The number of carbonyl (C=O) groups excluding carboxylic acids is 1. The fraction of sp³-hybridized carbons (Fsp3) is 0.889. The van der Waals surface area contributed by atoms with Crippen molar-refractivity contribution < 1.29 is 4.79 Å². The fourth-order valence-corrected chi connectivity index (χ4v) is 1.59. The zero-order valence-electron chi connectivity index (χ0n) is 8.12. The van der Waals surface area contributed by atoms with Gasteiger partial charge in [-0.25, -0.2) is 0 Å². The molecule has 2 heterocycles. The van der Waals surface area contributed by atoms with E-state index in [1.807, 2.05) is 11.9 Å². The first-order valence-electron chi connectivity index (χ1n) is 4.96. The van der Waals surface area contributed by atoms with Crippen LogP contribution in [0.3, 0.4) is 0 Å². The Labute approximate surface area is 78.9 Å². The van der Waals surface area contributed by atoms with E-state index in [1.165, 1.54) is 6.42 Å². The van der Waals surface area contributed by atoms with Gasteiger partial charge in [0.15, 0.2) is 0 Å². The van der Waals surface area contributed by atoms with Crippen LogP contribution in [0.15, 0.2) is 0 Å². The van der Waals surface area contributed by atoms with Gasteiger partial charge in [-0.3, -0.25) is 9.69 Å². The zero-order chi connectivity index (χ0) is 9.26. The number of nitrogens with zero attached hydrogens (tertiary/aromatic N) is 2. The molecule has 0 aliphatic carbocycles. The molecule has 2 aliphatic rings. The second-order valence-electron chi connectivity index (χ2n) is 3.96. The third kappa shape index (κ3) is 1.84. The smallest absolute Gasteiger partial charge is 0.236 e. The normalized spacial score (nSPS) is 22.8. The van der Waals surface area contributed by atoms with Crippen LogP contribution in [0, 0.1) is 0 Å². The molecule has 0 bridgehead atoms. The molecular formula is C9H17N3O. The molecule has 0 aromatic heterocycles. The van der Waals surface area contributed by atoms with E-state index in [2.05, 4.69) is 10.2 Å². The Morgan fingerprint density at radius 2 is 2.23 bits per heavy atom. The van der Waals surface area contributed by atoms with Gasteiger partial charge < -0.3 is 10.2 Å². The largest absolute Gasteiger partial charge is 0.341 e. The Kier molecular flexibility index (Phi) is 2.51. The van der Waals surface area contributed by atoms with Crippen LogP contribution in [0.25, 0.3) is 0 Å². The Bertz CT molecular complexity index is 199. The van der Waals surface area contributed by atoms with Crippen LogP contribution >= 0.6 is 0 Å². The summed E-state index contributed by atoms with van der Waals surface area (Å²) >= 11 is 0. The van der Waals surface area contributed by atoms with E-state index >= 15 is 0 Å². The van der Waals surface area contributed by atoms with E-state index in [0.29, 0.717) is 18.5 Å². The molecule has 0 saturated carbocycles. The highest BCUT2D eigenvalue weighted by Gasteiger charge is 2.26. The van der Waals surface area contributed by atoms with Gasteiger partial charge in [-0.1, -0.05) is 0 Å². The molecule has 0 unspecified atom stereocenters. The van der Waals surface area contributed by atoms with Crippen molar-refractivity contribution in [2.24, 2.45) is 0 Å². The number of likely N-dealkylation sites (tertiary alicyclic amines) is 1. The summed E-state index contributed by atoms with van der Waals surface area (Å²) in [6.07, 6.45) is 1.18. The van der Waals surface area contributed by atoms with Crippen molar-refractivity contribution in [2.75, 3.05) is 39.8 Å². The Hall–Kier alpha value is -0.610. The molecule has 74 valence electrons. The maximum atomic E-state index is 11.5. The molecule has 2 fully saturated rings. The molecular weight excluding hydrogens is 166 g/mol. The summed E-state index contributed by atoms with van der Waals surface area (Å²) in [5, 5.41) is 3.21. The molecule has 0 spiro atoms. The highest BCUT2D eigenvalue weighted by Crippen LogP contribution is 2.08. The monoisotopic (exact) mass is 183 g/mol. The van der Waals surface area contributed by atoms with Crippen molar-refractivity contribution >= 4 is 5.91 Å². The van der Waals surface area contributed by atoms with E-state index in [9.17, 15) is 4.79 Å². The predicted molar refractivity (Wildman–Crippen MR) is 50.5 cm³/mol. The molecule has 1 N–H and O–H groups in total. The second kappa shape index (κ2) is 3.64. The highest BCUT2D eigenvalue weighted by atomic mass is 16.2. The Morgan fingerprint density at radius 1 is 1.54 bits per heavy atom. The number of likely N-dealkylation sites (N-methyl/N-ethyl adjacent to an activating group) is 1. The van der Waals surface area contributed by atoms with Gasteiger partial charge in [0.05, 0.1) is 6.54 Å². The van der Waals surface area contributed by atoms with Crippen molar-refractivity contribution in [3.05, 3.63) is 0 Å². The van der Waals surface area contributed by atoms with Gasteiger partial charge in [-0.15, -0.1) is 0 Å². The summed E-state index contributed by atoms with van der Waals surface area (Å²) in [5.74, 6) is 0.292. The van der Waals surface area contributed by atoms with Crippen LogP contribution in [0.2, 0.25) is 0 Å². The molecule has 0 aromatic carbocycles. The van der Waals surface area contributed by atoms with Crippen molar-refractivity contribution in [1.29, 1.82) is 0 Å². The molecule has 2 aliphatic heterocycles. The quantitative estimate of drug-likeness (QED) is 0.617. The second-order valence-corrected chi connectivity index (χ2v) is 3.96. The third-order valence-electron chi connectivity index (χ3n) is 2.98. The number of hydrogen-bond donors (Lipinski definition) is 1. The minimum atomic E-state index is 0.292. The van der Waals surface area contributed by atoms with Crippen LogP contribution in [0.4, 0.5) is 0 Å². The van der Waals surface area contributed by atoms with Gasteiger partial charge in [0.1, 0.15) is 0 Å². The lowest BCUT2D eigenvalue weighted by atomic mass is 10.1. The minimum absolute atomic E-state index is 0.292. The lowest BCUT2D eigenvalue weighted by molar-refractivity contribution is -0.136. The van der Waals surface area contributed by atoms with Crippen molar-refractivity contribution in [3.63, 3.8) is 0 Å².